The number of alkyl halides is 3. The van der Waals surface area contributed by atoms with Crippen molar-refractivity contribution in [2.24, 2.45) is 0 Å². The van der Waals surface area contributed by atoms with E-state index < -0.39 is 11.7 Å². The number of rotatable bonds is 5. The summed E-state index contributed by atoms with van der Waals surface area (Å²) in [5.74, 6) is -0.00874. The van der Waals surface area contributed by atoms with Gasteiger partial charge in [0.15, 0.2) is 0 Å². The van der Waals surface area contributed by atoms with E-state index in [9.17, 15) is 18.0 Å². The summed E-state index contributed by atoms with van der Waals surface area (Å²) in [7, 11) is 2.02. The summed E-state index contributed by atoms with van der Waals surface area (Å²) in [6, 6.07) is 5.44. The Bertz CT molecular complexity index is 662. The maximum atomic E-state index is 12.9. The topological polar surface area (TPSA) is 42.0 Å². The Morgan fingerprint density at radius 1 is 1.25 bits per heavy atom. The zero-order chi connectivity index (χ0) is 20.1. The summed E-state index contributed by atoms with van der Waals surface area (Å²) < 4.78 is 49.9. The third-order valence-electron chi connectivity index (χ3n) is 5.40. The average Bonchev–Trinajstić information content (AvgIpc) is 2.84. The molecule has 2 heterocycles. The van der Waals surface area contributed by atoms with E-state index in [1.165, 1.54) is 6.07 Å². The van der Waals surface area contributed by atoms with Crippen LogP contribution in [0.1, 0.15) is 30.4 Å². The molecule has 2 aliphatic heterocycles. The molecule has 0 N–H and O–H groups in total. The van der Waals surface area contributed by atoms with E-state index in [2.05, 4.69) is 4.90 Å². The number of hydrogen-bond donors (Lipinski definition) is 0. The van der Waals surface area contributed by atoms with Crippen LogP contribution in [-0.2, 0) is 27.0 Å². The molecular formula is C20H27F3N2O3. The first-order chi connectivity index (χ1) is 13.3. The highest BCUT2D eigenvalue weighted by Crippen LogP contribution is 2.30. The minimum absolute atomic E-state index is 0.00874. The van der Waals surface area contributed by atoms with Crippen LogP contribution < -0.4 is 0 Å². The van der Waals surface area contributed by atoms with Crippen LogP contribution in [0.4, 0.5) is 13.2 Å². The van der Waals surface area contributed by atoms with Crippen molar-refractivity contribution in [3.8, 4) is 0 Å². The zero-order valence-corrected chi connectivity index (χ0v) is 16.1. The monoisotopic (exact) mass is 400 g/mol. The molecule has 0 radical (unpaired) electrons. The lowest BCUT2D eigenvalue weighted by Crippen LogP contribution is -2.43. The Hall–Kier alpha value is -1.64. The van der Waals surface area contributed by atoms with Crippen molar-refractivity contribution in [3.63, 3.8) is 0 Å². The van der Waals surface area contributed by atoms with Gasteiger partial charge in [-0.3, -0.25) is 4.79 Å². The molecule has 3 rings (SSSR count). The first-order valence-corrected chi connectivity index (χ1v) is 9.66. The fourth-order valence-corrected chi connectivity index (χ4v) is 3.81. The Labute approximate surface area is 163 Å². The normalized spacial score (nSPS) is 24.5. The predicted molar refractivity (Wildman–Crippen MR) is 97.7 cm³/mol. The minimum atomic E-state index is -4.38. The molecule has 2 aliphatic rings. The molecule has 8 heteroatoms. The number of amides is 1. The summed E-state index contributed by atoms with van der Waals surface area (Å²) in [5, 5.41) is 0. The van der Waals surface area contributed by atoms with Gasteiger partial charge in [0.1, 0.15) is 0 Å². The number of carbonyl (C=O) groups excluding carboxylic acids is 1. The van der Waals surface area contributed by atoms with Crippen LogP contribution in [0.25, 0.3) is 0 Å². The molecule has 0 saturated carbocycles. The van der Waals surface area contributed by atoms with Gasteiger partial charge in [-0.05, 0) is 37.6 Å². The molecule has 2 fully saturated rings. The van der Waals surface area contributed by atoms with E-state index in [0.717, 1.165) is 31.5 Å². The summed E-state index contributed by atoms with van der Waals surface area (Å²) in [6.45, 7) is 3.30. The van der Waals surface area contributed by atoms with Crippen LogP contribution >= 0.6 is 0 Å². The number of benzene rings is 1. The van der Waals surface area contributed by atoms with E-state index in [1.54, 1.807) is 11.0 Å². The van der Waals surface area contributed by atoms with Gasteiger partial charge in [-0.2, -0.15) is 13.2 Å². The lowest BCUT2D eigenvalue weighted by atomic mass is 10.1. The zero-order valence-electron chi connectivity index (χ0n) is 16.1. The number of likely N-dealkylation sites (N-methyl/N-ethyl adjacent to an activating group) is 1. The highest BCUT2D eigenvalue weighted by molar-refractivity contribution is 5.76. The van der Waals surface area contributed by atoms with Gasteiger partial charge in [0, 0.05) is 32.1 Å². The molecule has 2 saturated heterocycles. The fourth-order valence-electron chi connectivity index (χ4n) is 3.81. The lowest BCUT2D eigenvalue weighted by molar-refractivity contribution is -0.137. The van der Waals surface area contributed by atoms with E-state index in [-0.39, 0.29) is 24.6 Å². The van der Waals surface area contributed by atoms with Crippen molar-refractivity contribution >= 4 is 5.91 Å². The second-order valence-corrected chi connectivity index (χ2v) is 7.50. The second-order valence-electron chi connectivity index (χ2n) is 7.50. The Balaban J connectivity index is 1.57. The quantitative estimate of drug-likeness (QED) is 0.762. The van der Waals surface area contributed by atoms with Gasteiger partial charge in [0.05, 0.1) is 31.5 Å². The molecule has 1 aromatic rings. The van der Waals surface area contributed by atoms with Gasteiger partial charge < -0.3 is 19.3 Å². The van der Waals surface area contributed by atoms with Crippen LogP contribution in [0.2, 0.25) is 0 Å². The minimum Gasteiger partial charge on any atom is -0.376 e. The summed E-state index contributed by atoms with van der Waals surface area (Å²) >= 11 is 0. The summed E-state index contributed by atoms with van der Waals surface area (Å²) in [4.78, 5) is 16.4. The number of nitrogens with zero attached hydrogens (tertiary/aromatic N) is 2. The van der Waals surface area contributed by atoms with Crippen molar-refractivity contribution < 1.29 is 27.4 Å². The van der Waals surface area contributed by atoms with E-state index in [0.29, 0.717) is 38.3 Å². The van der Waals surface area contributed by atoms with E-state index in [1.807, 2.05) is 7.05 Å². The molecule has 5 nitrogen and oxygen atoms in total. The van der Waals surface area contributed by atoms with Crippen molar-refractivity contribution in [1.82, 2.24) is 9.80 Å². The molecule has 0 bridgehead atoms. The third kappa shape index (κ3) is 5.68. The SMILES string of the molecule is CN(CC1COCCO1)C1CCC(=O)N(Cc2cccc(C(F)(F)F)c2)CC1. The fraction of sp³-hybridized carbons (Fsp3) is 0.650. The number of ether oxygens (including phenoxy) is 2. The smallest absolute Gasteiger partial charge is 0.376 e. The second kappa shape index (κ2) is 9.24. The van der Waals surface area contributed by atoms with Crippen LogP contribution in [0.15, 0.2) is 24.3 Å². The molecule has 28 heavy (non-hydrogen) atoms. The highest BCUT2D eigenvalue weighted by atomic mass is 19.4. The molecule has 156 valence electrons. The van der Waals surface area contributed by atoms with Crippen molar-refractivity contribution in [2.45, 2.75) is 44.1 Å². The van der Waals surface area contributed by atoms with Crippen molar-refractivity contribution in [2.75, 3.05) is 40.0 Å². The molecular weight excluding hydrogens is 373 g/mol. The molecule has 0 aliphatic carbocycles. The Kier molecular flexibility index (Phi) is 6.95. The van der Waals surface area contributed by atoms with Crippen molar-refractivity contribution in [1.29, 1.82) is 0 Å². The highest BCUT2D eigenvalue weighted by Gasteiger charge is 2.31. The predicted octanol–water partition coefficient (Wildman–Crippen LogP) is 2.93. The largest absolute Gasteiger partial charge is 0.416 e. The molecule has 2 atom stereocenters. The maximum Gasteiger partial charge on any atom is 0.416 e. The summed E-state index contributed by atoms with van der Waals surface area (Å²) in [5.41, 5.74) is -0.178. The van der Waals surface area contributed by atoms with E-state index >= 15 is 0 Å². The van der Waals surface area contributed by atoms with Crippen molar-refractivity contribution in [3.05, 3.63) is 35.4 Å². The summed E-state index contributed by atoms with van der Waals surface area (Å²) in [6.07, 6.45) is -2.41. The molecule has 0 aromatic heterocycles. The van der Waals surface area contributed by atoms with Gasteiger partial charge >= 0.3 is 6.18 Å². The average molecular weight is 400 g/mol. The molecule has 1 amide bonds. The van der Waals surface area contributed by atoms with Crippen LogP contribution in [0.3, 0.4) is 0 Å². The van der Waals surface area contributed by atoms with Gasteiger partial charge in [-0.15, -0.1) is 0 Å². The molecule has 0 spiro atoms. The Morgan fingerprint density at radius 2 is 2.07 bits per heavy atom. The number of hydrogen-bond acceptors (Lipinski definition) is 4. The number of carbonyl (C=O) groups is 1. The van der Waals surface area contributed by atoms with Crippen LogP contribution in [0.5, 0.6) is 0 Å². The molecule has 2 unspecified atom stereocenters. The van der Waals surface area contributed by atoms with E-state index in [4.69, 9.17) is 9.47 Å². The third-order valence-corrected chi connectivity index (χ3v) is 5.40. The maximum absolute atomic E-state index is 12.9. The number of halogens is 3. The van der Waals surface area contributed by atoms with Gasteiger partial charge in [0.25, 0.3) is 0 Å². The molecule has 1 aromatic carbocycles. The Morgan fingerprint density at radius 3 is 2.79 bits per heavy atom. The standard InChI is InChI=1S/C20H27F3N2O3/c1-24(13-18-14-27-9-10-28-18)17-5-6-19(26)25(8-7-17)12-15-3-2-4-16(11-15)20(21,22)23/h2-4,11,17-18H,5-10,12-14H2,1H3. The van der Waals surface area contributed by atoms with Gasteiger partial charge in [-0.1, -0.05) is 12.1 Å². The van der Waals surface area contributed by atoms with Crippen LogP contribution in [0, 0.1) is 0 Å². The lowest BCUT2D eigenvalue weighted by Gasteiger charge is -2.32. The van der Waals surface area contributed by atoms with Crippen LogP contribution in [-0.4, -0.2) is 67.8 Å². The number of likely N-dealkylation sites (tertiary alicyclic amines) is 1. The van der Waals surface area contributed by atoms with Gasteiger partial charge in [-0.25, -0.2) is 0 Å². The first kappa shape index (κ1) is 21.1. The van der Waals surface area contributed by atoms with Gasteiger partial charge in [0.2, 0.25) is 5.91 Å². The first-order valence-electron chi connectivity index (χ1n) is 9.66.